The van der Waals surface area contributed by atoms with E-state index < -0.39 is 6.04 Å². The molecule has 34 heavy (non-hydrogen) atoms. The van der Waals surface area contributed by atoms with E-state index in [9.17, 15) is 14.4 Å². The third-order valence-electron chi connectivity index (χ3n) is 6.67. The van der Waals surface area contributed by atoms with Gasteiger partial charge in [-0.05, 0) is 37.0 Å². The number of piperazine rings is 1. The molecule has 0 spiro atoms. The van der Waals surface area contributed by atoms with E-state index in [0.717, 1.165) is 31.5 Å². The van der Waals surface area contributed by atoms with Crippen LogP contribution < -0.4 is 5.32 Å². The molecule has 0 radical (unpaired) electrons. The van der Waals surface area contributed by atoms with Crippen molar-refractivity contribution in [2.75, 3.05) is 45.8 Å². The van der Waals surface area contributed by atoms with Gasteiger partial charge in [0.1, 0.15) is 6.04 Å². The first kappa shape index (κ1) is 24.0. The van der Waals surface area contributed by atoms with Gasteiger partial charge in [-0.15, -0.1) is 0 Å². The van der Waals surface area contributed by atoms with Gasteiger partial charge >= 0.3 is 0 Å². The lowest BCUT2D eigenvalue weighted by Gasteiger charge is -2.37. The third kappa shape index (κ3) is 6.44. The Morgan fingerprint density at radius 2 is 1.35 bits per heavy atom. The second-order valence-corrected chi connectivity index (χ2v) is 9.12. The Balaban J connectivity index is 1.36. The van der Waals surface area contributed by atoms with E-state index in [-0.39, 0.29) is 17.7 Å². The molecule has 2 aromatic rings. The predicted molar refractivity (Wildman–Crippen MR) is 131 cm³/mol. The molecule has 0 aliphatic carbocycles. The summed E-state index contributed by atoms with van der Waals surface area (Å²) >= 11 is 0. The Bertz CT molecular complexity index is 952. The first-order valence-electron chi connectivity index (χ1n) is 12.3. The summed E-state index contributed by atoms with van der Waals surface area (Å²) < 4.78 is 0. The highest BCUT2D eigenvalue weighted by molar-refractivity contribution is 5.97. The smallest absolute Gasteiger partial charge is 0.251 e. The Kier molecular flexibility index (Phi) is 8.31. The van der Waals surface area contributed by atoms with Crippen molar-refractivity contribution < 1.29 is 14.4 Å². The molecule has 2 aliphatic heterocycles. The summed E-state index contributed by atoms with van der Waals surface area (Å²) in [5.74, 6) is -0.132. The summed E-state index contributed by atoms with van der Waals surface area (Å²) in [5.41, 5.74) is 1.54. The molecule has 2 heterocycles. The Morgan fingerprint density at radius 1 is 0.735 bits per heavy atom. The lowest BCUT2D eigenvalue weighted by atomic mass is 10.0. The summed E-state index contributed by atoms with van der Waals surface area (Å²) in [5, 5.41) is 2.96. The van der Waals surface area contributed by atoms with Gasteiger partial charge in [0.2, 0.25) is 11.8 Å². The maximum Gasteiger partial charge on any atom is 0.251 e. The van der Waals surface area contributed by atoms with Crippen LogP contribution in [0.5, 0.6) is 0 Å². The zero-order valence-electron chi connectivity index (χ0n) is 19.7. The number of benzene rings is 2. The van der Waals surface area contributed by atoms with Gasteiger partial charge < -0.3 is 15.1 Å². The molecule has 0 bridgehead atoms. The normalized spacial score (nSPS) is 17.8. The largest absolute Gasteiger partial charge is 0.342 e. The predicted octanol–water partition coefficient (Wildman–Crippen LogP) is 2.18. The molecule has 0 aromatic heterocycles. The van der Waals surface area contributed by atoms with E-state index in [4.69, 9.17) is 0 Å². The van der Waals surface area contributed by atoms with Crippen molar-refractivity contribution in [3.63, 3.8) is 0 Å². The highest BCUT2D eigenvalue weighted by atomic mass is 16.2. The number of piperidine rings is 1. The number of carbonyl (C=O) groups excluding carboxylic acids is 3. The fourth-order valence-corrected chi connectivity index (χ4v) is 4.66. The molecule has 180 valence electrons. The van der Waals surface area contributed by atoms with Crippen molar-refractivity contribution in [3.8, 4) is 0 Å². The summed E-state index contributed by atoms with van der Waals surface area (Å²) in [6.45, 7) is 4.57. The van der Waals surface area contributed by atoms with E-state index in [2.05, 4.69) is 10.2 Å². The lowest BCUT2D eigenvalue weighted by molar-refractivity contribution is -0.136. The van der Waals surface area contributed by atoms with Crippen LogP contribution in [-0.4, -0.2) is 84.3 Å². The van der Waals surface area contributed by atoms with Crippen LogP contribution in [0.2, 0.25) is 0 Å². The highest BCUT2D eigenvalue weighted by Crippen LogP contribution is 2.12. The summed E-state index contributed by atoms with van der Waals surface area (Å²) in [4.78, 5) is 44.8. The van der Waals surface area contributed by atoms with Crippen LogP contribution in [-0.2, 0) is 16.0 Å². The summed E-state index contributed by atoms with van der Waals surface area (Å²) in [6.07, 6.45) is 3.82. The van der Waals surface area contributed by atoms with Crippen LogP contribution in [0.1, 0.15) is 35.2 Å². The minimum atomic E-state index is -0.642. The Morgan fingerprint density at radius 3 is 2.00 bits per heavy atom. The molecule has 0 saturated carbocycles. The van der Waals surface area contributed by atoms with Crippen molar-refractivity contribution in [1.82, 2.24) is 20.0 Å². The molecule has 2 fully saturated rings. The number of amides is 3. The van der Waals surface area contributed by atoms with Crippen molar-refractivity contribution in [2.24, 2.45) is 0 Å². The lowest BCUT2D eigenvalue weighted by Crippen LogP contribution is -2.56. The van der Waals surface area contributed by atoms with Crippen molar-refractivity contribution in [1.29, 1.82) is 0 Å². The number of nitrogens with zero attached hydrogens (tertiary/aromatic N) is 3. The topological polar surface area (TPSA) is 73.0 Å². The number of nitrogens with one attached hydrogen (secondary N) is 1. The monoisotopic (exact) mass is 462 g/mol. The molecule has 7 nitrogen and oxygen atoms in total. The molecule has 7 heteroatoms. The zero-order chi connectivity index (χ0) is 23.8. The minimum Gasteiger partial charge on any atom is -0.342 e. The van der Waals surface area contributed by atoms with E-state index in [1.165, 1.54) is 6.42 Å². The van der Waals surface area contributed by atoms with Gasteiger partial charge in [-0.3, -0.25) is 19.3 Å². The van der Waals surface area contributed by atoms with Crippen molar-refractivity contribution in [3.05, 3.63) is 71.8 Å². The number of rotatable bonds is 7. The van der Waals surface area contributed by atoms with Crippen LogP contribution in [0.3, 0.4) is 0 Å². The molecule has 2 aliphatic rings. The second-order valence-electron chi connectivity index (χ2n) is 9.12. The first-order chi connectivity index (χ1) is 16.6. The number of carbonyl (C=O) groups is 3. The molecule has 2 saturated heterocycles. The van der Waals surface area contributed by atoms with E-state index in [1.54, 1.807) is 12.1 Å². The van der Waals surface area contributed by atoms with Crippen molar-refractivity contribution >= 4 is 17.7 Å². The van der Waals surface area contributed by atoms with Gasteiger partial charge in [-0.1, -0.05) is 48.5 Å². The van der Waals surface area contributed by atoms with Gasteiger partial charge in [0.05, 0.1) is 6.54 Å². The highest BCUT2D eigenvalue weighted by Gasteiger charge is 2.30. The average Bonchev–Trinajstić information content (AvgIpc) is 2.90. The SMILES string of the molecule is O=C(NC(Cc1ccccc1)C(=O)N1CCN(CC(=O)N2CCCCC2)CC1)c1ccccc1. The van der Waals surface area contributed by atoms with Crippen LogP contribution >= 0.6 is 0 Å². The van der Waals surface area contributed by atoms with E-state index >= 15 is 0 Å². The molecule has 3 amide bonds. The van der Waals surface area contributed by atoms with Gasteiger partial charge in [-0.25, -0.2) is 0 Å². The summed E-state index contributed by atoms with van der Waals surface area (Å²) in [6, 6.07) is 18.1. The molecule has 1 N–H and O–H groups in total. The second kappa shape index (κ2) is 11.8. The van der Waals surface area contributed by atoms with Crippen molar-refractivity contribution in [2.45, 2.75) is 31.7 Å². The van der Waals surface area contributed by atoms with Gasteiger partial charge in [-0.2, -0.15) is 0 Å². The minimum absolute atomic E-state index is 0.0739. The fraction of sp³-hybridized carbons (Fsp3) is 0.444. The Hall–Kier alpha value is -3.19. The number of hydrogen-bond donors (Lipinski definition) is 1. The molecule has 1 atom stereocenters. The van der Waals surface area contributed by atoms with E-state index in [1.807, 2.05) is 58.3 Å². The fourth-order valence-electron chi connectivity index (χ4n) is 4.66. The molecule has 1 unspecified atom stereocenters. The van der Waals surface area contributed by atoms with E-state index in [0.29, 0.717) is 44.7 Å². The Labute approximate surface area is 201 Å². The van der Waals surface area contributed by atoms with Crippen LogP contribution in [0.4, 0.5) is 0 Å². The summed E-state index contributed by atoms with van der Waals surface area (Å²) in [7, 11) is 0. The quantitative estimate of drug-likeness (QED) is 0.685. The van der Waals surface area contributed by atoms with Gasteiger partial charge in [0, 0.05) is 51.3 Å². The molecular weight excluding hydrogens is 428 g/mol. The maximum absolute atomic E-state index is 13.5. The standard InChI is InChI=1S/C27H34N4O3/c32-25(30-14-8-3-9-15-30)21-29-16-18-31(19-17-29)27(34)24(20-22-10-4-1-5-11-22)28-26(33)23-12-6-2-7-13-23/h1-2,4-7,10-13,24H,3,8-9,14-21H2,(H,28,33). The number of hydrogen-bond acceptors (Lipinski definition) is 4. The van der Waals surface area contributed by atoms with Crippen LogP contribution in [0, 0.1) is 0 Å². The van der Waals surface area contributed by atoms with Crippen LogP contribution in [0.15, 0.2) is 60.7 Å². The average molecular weight is 463 g/mol. The molecule has 4 rings (SSSR count). The zero-order valence-corrected chi connectivity index (χ0v) is 19.7. The van der Waals surface area contributed by atoms with Crippen LogP contribution in [0.25, 0.3) is 0 Å². The molecular formula is C27H34N4O3. The first-order valence-corrected chi connectivity index (χ1v) is 12.3. The third-order valence-corrected chi connectivity index (χ3v) is 6.67. The van der Waals surface area contributed by atoms with Gasteiger partial charge in [0.25, 0.3) is 5.91 Å². The van der Waals surface area contributed by atoms with Gasteiger partial charge in [0.15, 0.2) is 0 Å². The number of likely N-dealkylation sites (tertiary alicyclic amines) is 1. The maximum atomic E-state index is 13.5. The molecule has 2 aromatic carbocycles.